The molecule has 0 fully saturated rings. The predicted molar refractivity (Wildman–Crippen MR) is 75.6 cm³/mol. The van der Waals surface area contributed by atoms with Gasteiger partial charge in [0.2, 0.25) is 0 Å². The Hall–Kier alpha value is -0.450. The van der Waals surface area contributed by atoms with Gasteiger partial charge in [0, 0.05) is 23.5 Å². The molecular weight excluding hydrogens is 230 g/mol. The van der Waals surface area contributed by atoms with Crippen LogP contribution >= 0.6 is 11.3 Å². The van der Waals surface area contributed by atoms with Gasteiger partial charge in [-0.3, -0.25) is 0 Å². The Labute approximate surface area is 109 Å². The maximum Gasteiger partial charge on any atom is 0.0798 e. The minimum Gasteiger partial charge on any atom is -0.308 e. The van der Waals surface area contributed by atoms with E-state index < -0.39 is 0 Å². The molecule has 1 aromatic heterocycles. The van der Waals surface area contributed by atoms with Crippen LogP contribution in [0, 0.1) is 12.8 Å². The first-order valence-corrected chi connectivity index (χ1v) is 7.10. The molecule has 0 bridgehead atoms. The normalized spacial score (nSPS) is 15.5. The van der Waals surface area contributed by atoms with E-state index in [1.54, 1.807) is 11.3 Å². The van der Waals surface area contributed by atoms with E-state index in [-0.39, 0.29) is 0 Å². The summed E-state index contributed by atoms with van der Waals surface area (Å²) in [4.78, 5) is 7.91. The zero-order chi connectivity index (χ0) is 13.0. The second-order valence-electron chi connectivity index (χ2n) is 5.30. The van der Waals surface area contributed by atoms with Crippen molar-refractivity contribution in [2.45, 2.75) is 39.8 Å². The summed E-state index contributed by atoms with van der Waals surface area (Å²) in [5, 5.41) is 3.72. The van der Waals surface area contributed by atoms with Gasteiger partial charge in [0.1, 0.15) is 0 Å². The molecule has 0 aliphatic heterocycles. The monoisotopic (exact) mass is 255 g/mol. The summed E-state index contributed by atoms with van der Waals surface area (Å²) in [5.74, 6) is 0.632. The highest BCUT2D eigenvalue weighted by Gasteiger charge is 2.19. The van der Waals surface area contributed by atoms with Gasteiger partial charge in [-0.1, -0.05) is 13.8 Å². The molecule has 0 aliphatic rings. The first-order chi connectivity index (χ1) is 7.91. The average Bonchev–Trinajstić information content (AvgIpc) is 2.62. The van der Waals surface area contributed by atoms with Gasteiger partial charge in [-0.15, -0.1) is 11.3 Å². The molecule has 0 aliphatic carbocycles. The molecule has 98 valence electrons. The Kier molecular flexibility index (Phi) is 5.56. The number of hydrogen-bond acceptors (Lipinski definition) is 4. The quantitative estimate of drug-likeness (QED) is 0.847. The first kappa shape index (κ1) is 14.6. The minimum absolute atomic E-state index is 0.384. The Balaban J connectivity index is 2.64. The van der Waals surface area contributed by atoms with Crippen LogP contribution in [0.1, 0.15) is 37.4 Å². The Bertz CT molecular complexity index is 333. The van der Waals surface area contributed by atoms with E-state index in [9.17, 15) is 0 Å². The predicted octanol–water partition coefficient (Wildman–Crippen LogP) is 2.69. The zero-order valence-corrected chi connectivity index (χ0v) is 12.6. The number of nitrogens with zero attached hydrogens (tertiary/aromatic N) is 2. The summed E-state index contributed by atoms with van der Waals surface area (Å²) in [6.07, 6.45) is 0. The molecule has 1 heterocycles. The van der Waals surface area contributed by atoms with E-state index in [0.29, 0.717) is 18.0 Å². The number of aromatic nitrogens is 1. The van der Waals surface area contributed by atoms with E-state index in [1.807, 2.05) is 5.51 Å². The van der Waals surface area contributed by atoms with Gasteiger partial charge < -0.3 is 10.2 Å². The zero-order valence-electron chi connectivity index (χ0n) is 11.8. The lowest BCUT2D eigenvalue weighted by molar-refractivity contribution is 0.274. The molecular formula is C13H25N3S. The maximum absolute atomic E-state index is 4.32. The summed E-state index contributed by atoms with van der Waals surface area (Å²) >= 11 is 1.74. The lowest BCUT2D eigenvalue weighted by Gasteiger charge is -2.28. The van der Waals surface area contributed by atoms with Crippen LogP contribution in [-0.4, -0.2) is 36.6 Å². The highest BCUT2D eigenvalue weighted by atomic mass is 32.1. The van der Waals surface area contributed by atoms with Crippen LogP contribution in [0.25, 0.3) is 0 Å². The molecule has 0 saturated heterocycles. The van der Waals surface area contributed by atoms with Crippen molar-refractivity contribution in [1.29, 1.82) is 0 Å². The summed E-state index contributed by atoms with van der Waals surface area (Å²) in [7, 11) is 4.25. The molecule has 1 rings (SSSR count). The summed E-state index contributed by atoms with van der Waals surface area (Å²) in [6.45, 7) is 9.92. The molecule has 1 aromatic rings. The minimum atomic E-state index is 0.384. The Morgan fingerprint density at radius 3 is 2.41 bits per heavy atom. The number of rotatable bonds is 6. The molecule has 0 saturated carbocycles. The summed E-state index contributed by atoms with van der Waals surface area (Å²) < 4.78 is 0. The number of likely N-dealkylation sites (N-methyl/N-ethyl adjacent to an activating group) is 1. The van der Waals surface area contributed by atoms with Crippen LogP contribution < -0.4 is 5.32 Å². The fraction of sp³-hybridized carbons (Fsp3) is 0.769. The fourth-order valence-corrected chi connectivity index (χ4v) is 2.79. The van der Waals surface area contributed by atoms with E-state index >= 15 is 0 Å². The van der Waals surface area contributed by atoms with Gasteiger partial charge in [0.05, 0.1) is 11.2 Å². The Morgan fingerprint density at radius 1 is 1.35 bits per heavy atom. The molecule has 4 heteroatoms. The summed E-state index contributed by atoms with van der Waals surface area (Å²) in [6, 6.07) is 0.899. The third-order valence-electron chi connectivity index (χ3n) is 3.01. The van der Waals surface area contributed by atoms with Gasteiger partial charge >= 0.3 is 0 Å². The van der Waals surface area contributed by atoms with Crippen molar-refractivity contribution < 1.29 is 0 Å². The molecule has 2 unspecified atom stereocenters. The molecule has 2 atom stereocenters. The number of nitrogens with one attached hydrogen (secondary N) is 1. The SMILES string of the molecule is Cc1ncsc1C(C)NC(CN(C)C)C(C)C. The van der Waals surface area contributed by atoms with Crippen molar-refractivity contribution in [2.75, 3.05) is 20.6 Å². The van der Waals surface area contributed by atoms with E-state index in [1.165, 1.54) is 4.88 Å². The molecule has 0 aromatic carbocycles. The second-order valence-corrected chi connectivity index (χ2v) is 6.19. The smallest absolute Gasteiger partial charge is 0.0798 e. The van der Waals surface area contributed by atoms with Crippen molar-refractivity contribution in [1.82, 2.24) is 15.2 Å². The van der Waals surface area contributed by atoms with Crippen LogP contribution in [0.4, 0.5) is 0 Å². The lowest BCUT2D eigenvalue weighted by atomic mass is 10.0. The second kappa shape index (κ2) is 6.47. The molecule has 0 spiro atoms. The van der Waals surface area contributed by atoms with Crippen LogP contribution in [0.3, 0.4) is 0 Å². The fourth-order valence-electron chi connectivity index (χ4n) is 1.97. The van der Waals surface area contributed by atoms with Gasteiger partial charge in [-0.25, -0.2) is 4.98 Å². The van der Waals surface area contributed by atoms with E-state index in [4.69, 9.17) is 0 Å². The van der Waals surface area contributed by atoms with Gasteiger partial charge in [-0.05, 0) is 33.9 Å². The van der Waals surface area contributed by atoms with Crippen molar-refractivity contribution >= 4 is 11.3 Å². The first-order valence-electron chi connectivity index (χ1n) is 6.22. The Morgan fingerprint density at radius 2 is 2.00 bits per heavy atom. The highest BCUT2D eigenvalue weighted by molar-refractivity contribution is 7.09. The van der Waals surface area contributed by atoms with Crippen molar-refractivity contribution in [3.05, 3.63) is 16.1 Å². The van der Waals surface area contributed by atoms with Crippen LogP contribution in [0.5, 0.6) is 0 Å². The standard InChI is InChI=1S/C13H25N3S/c1-9(2)12(7-16(5)6)15-11(4)13-10(3)14-8-17-13/h8-9,11-12,15H,7H2,1-6H3. The number of aryl methyl sites for hydroxylation is 1. The van der Waals surface area contributed by atoms with Crippen molar-refractivity contribution in [3.8, 4) is 0 Å². The van der Waals surface area contributed by atoms with Crippen LogP contribution in [0.2, 0.25) is 0 Å². The van der Waals surface area contributed by atoms with Crippen LogP contribution in [0.15, 0.2) is 5.51 Å². The maximum atomic E-state index is 4.32. The molecule has 0 amide bonds. The van der Waals surface area contributed by atoms with Gasteiger partial charge in [-0.2, -0.15) is 0 Å². The summed E-state index contributed by atoms with van der Waals surface area (Å²) in [5.41, 5.74) is 3.08. The van der Waals surface area contributed by atoms with Crippen molar-refractivity contribution in [2.24, 2.45) is 5.92 Å². The van der Waals surface area contributed by atoms with Crippen molar-refractivity contribution in [3.63, 3.8) is 0 Å². The molecule has 1 N–H and O–H groups in total. The van der Waals surface area contributed by atoms with E-state index in [0.717, 1.165) is 12.2 Å². The number of hydrogen-bond donors (Lipinski definition) is 1. The van der Waals surface area contributed by atoms with Gasteiger partial charge in [0.15, 0.2) is 0 Å². The topological polar surface area (TPSA) is 28.2 Å². The molecule has 0 radical (unpaired) electrons. The van der Waals surface area contributed by atoms with Crippen LogP contribution in [-0.2, 0) is 0 Å². The third kappa shape index (κ3) is 4.37. The molecule has 3 nitrogen and oxygen atoms in total. The highest BCUT2D eigenvalue weighted by Crippen LogP contribution is 2.22. The number of thiazole rings is 1. The lowest BCUT2D eigenvalue weighted by Crippen LogP contribution is -2.43. The van der Waals surface area contributed by atoms with E-state index in [2.05, 4.69) is 57.0 Å². The average molecular weight is 255 g/mol. The third-order valence-corrected chi connectivity index (χ3v) is 4.12. The molecule has 17 heavy (non-hydrogen) atoms. The van der Waals surface area contributed by atoms with Gasteiger partial charge in [0.25, 0.3) is 0 Å². The largest absolute Gasteiger partial charge is 0.308 e.